The van der Waals surface area contributed by atoms with Gasteiger partial charge in [-0.05, 0) is 101 Å². The van der Waals surface area contributed by atoms with Crippen LogP contribution in [0.5, 0.6) is 0 Å². The third-order valence-corrected chi connectivity index (χ3v) is 12.7. The van der Waals surface area contributed by atoms with Gasteiger partial charge in [0, 0.05) is 13.1 Å². The molecule has 6 heteroatoms. The van der Waals surface area contributed by atoms with Crippen LogP contribution in [0.4, 0.5) is 4.79 Å². The number of hydrogen-bond donors (Lipinski definition) is 2. The summed E-state index contributed by atoms with van der Waals surface area (Å²) in [6, 6.07) is -0.0853. The lowest BCUT2D eigenvalue weighted by Gasteiger charge is -2.57. The number of nitrogens with one attached hydrogen (secondary N) is 2. The summed E-state index contributed by atoms with van der Waals surface area (Å²) in [5, 5.41) is 6.98. The molecule has 0 aromatic heterocycles. The lowest BCUT2D eigenvalue weighted by molar-refractivity contribution is -0.0515. The molecule has 0 saturated heterocycles. The highest BCUT2D eigenvalue weighted by molar-refractivity contribution is 6.74. The summed E-state index contributed by atoms with van der Waals surface area (Å²) >= 11 is 0. The highest BCUT2D eigenvalue weighted by atomic mass is 28.4. The van der Waals surface area contributed by atoms with Gasteiger partial charge in [0.05, 0.1) is 12.6 Å². The van der Waals surface area contributed by atoms with Gasteiger partial charge in [0.15, 0.2) is 8.32 Å². The molecule has 4 rings (SSSR count). The highest BCUT2D eigenvalue weighted by Crippen LogP contribution is 2.59. The molecule has 4 aliphatic carbocycles. The number of hydrogen-bond acceptors (Lipinski definition) is 4. The quantitative estimate of drug-likeness (QED) is 0.463. The predicted molar refractivity (Wildman–Crippen MR) is 130 cm³/mol. The first-order valence-electron chi connectivity index (χ1n) is 12.5. The molecule has 0 spiro atoms. The molecule has 4 bridgehead atoms. The van der Waals surface area contributed by atoms with Gasteiger partial charge in [-0.15, -0.1) is 0 Å². The SMILES string of the molecule is CC(C)(C)OC(=O)N[C@H](CNCC12CC3CC(CC(C3)C1)C2)CO[Si](C)(C)C(C)(C)C. The van der Waals surface area contributed by atoms with Gasteiger partial charge in [0.1, 0.15) is 5.60 Å². The first-order chi connectivity index (χ1) is 14.2. The first-order valence-corrected chi connectivity index (χ1v) is 15.4. The van der Waals surface area contributed by atoms with Gasteiger partial charge in [-0.1, -0.05) is 20.8 Å². The van der Waals surface area contributed by atoms with Crippen LogP contribution >= 0.6 is 0 Å². The molecule has 0 unspecified atom stereocenters. The molecule has 0 aromatic rings. The molecule has 31 heavy (non-hydrogen) atoms. The number of ether oxygens (including phenoxy) is 1. The van der Waals surface area contributed by atoms with Crippen molar-refractivity contribution >= 4 is 14.4 Å². The monoisotopic (exact) mass is 452 g/mol. The van der Waals surface area contributed by atoms with E-state index in [1.807, 2.05) is 20.8 Å². The Bertz CT molecular complexity index is 600. The van der Waals surface area contributed by atoms with Crippen LogP contribution in [0, 0.1) is 23.2 Å². The van der Waals surface area contributed by atoms with Gasteiger partial charge in [0.25, 0.3) is 0 Å². The number of amides is 1. The van der Waals surface area contributed by atoms with E-state index >= 15 is 0 Å². The number of alkyl carbamates (subject to hydrolysis) is 1. The van der Waals surface area contributed by atoms with Crippen LogP contribution in [0.25, 0.3) is 0 Å². The summed E-state index contributed by atoms with van der Waals surface area (Å²) in [6.45, 7) is 19.3. The Balaban J connectivity index is 1.56. The zero-order valence-corrected chi connectivity index (χ0v) is 22.4. The van der Waals surface area contributed by atoms with Gasteiger partial charge in [-0.25, -0.2) is 4.79 Å². The van der Waals surface area contributed by atoms with Gasteiger partial charge < -0.3 is 19.8 Å². The average Bonchev–Trinajstić information content (AvgIpc) is 2.55. The lowest BCUT2D eigenvalue weighted by atomic mass is 9.49. The number of carbonyl (C=O) groups excluding carboxylic acids is 1. The topological polar surface area (TPSA) is 59.6 Å². The van der Waals surface area contributed by atoms with Crippen molar-refractivity contribution in [2.24, 2.45) is 23.2 Å². The predicted octanol–water partition coefficient (Wildman–Crippen LogP) is 5.71. The Kier molecular flexibility index (Phi) is 7.25. The second-order valence-electron chi connectivity index (χ2n) is 13.5. The van der Waals surface area contributed by atoms with Crippen LogP contribution in [-0.2, 0) is 9.16 Å². The van der Waals surface area contributed by atoms with E-state index in [-0.39, 0.29) is 17.2 Å². The summed E-state index contributed by atoms with van der Waals surface area (Å²) in [4.78, 5) is 12.5. The van der Waals surface area contributed by atoms with Crippen molar-refractivity contribution in [3.8, 4) is 0 Å². The van der Waals surface area contributed by atoms with Crippen LogP contribution in [0.1, 0.15) is 80.1 Å². The summed E-state index contributed by atoms with van der Waals surface area (Å²) in [7, 11) is -1.88. The van der Waals surface area contributed by atoms with Crippen molar-refractivity contribution in [3.63, 3.8) is 0 Å². The Labute approximate surface area is 191 Å². The van der Waals surface area contributed by atoms with Crippen molar-refractivity contribution < 1.29 is 14.0 Å². The fourth-order valence-corrected chi connectivity index (χ4v) is 7.22. The van der Waals surface area contributed by atoms with Crippen LogP contribution < -0.4 is 10.6 Å². The molecule has 0 heterocycles. The van der Waals surface area contributed by atoms with E-state index in [2.05, 4.69) is 44.5 Å². The van der Waals surface area contributed by atoms with E-state index < -0.39 is 13.9 Å². The van der Waals surface area contributed by atoms with Crippen molar-refractivity contribution in [2.45, 2.75) is 110 Å². The molecule has 5 nitrogen and oxygen atoms in total. The van der Waals surface area contributed by atoms with Crippen LogP contribution in [-0.4, -0.2) is 45.7 Å². The number of carbonyl (C=O) groups is 1. The Morgan fingerprint density at radius 3 is 1.97 bits per heavy atom. The van der Waals surface area contributed by atoms with E-state index in [9.17, 15) is 4.79 Å². The maximum absolute atomic E-state index is 12.5. The third-order valence-electron chi connectivity index (χ3n) is 8.23. The average molecular weight is 453 g/mol. The van der Waals surface area contributed by atoms with Gasteiger partial charge in [-0.3, -0.25) is 0 Å². The fraction of sp³-hybridized carbons (Fsp3) is 0.960. The maximum atomic E-state index is 12.5. The maximum Gasteiger partial charge on any atom is 0.407 e. The van der Waals surface area contributed by atoms with Gasteiger partial charge >= 0.3 is 6.09 Å². The molecule has 4 aliphatic rings. The molecule has 4 fully saturated rings. The first kappa shape index (κ1) is 25.0. The zero-order valence-electron chi connectivity index (χ0n) is 21.4. The van der Waals surface area contributed by atoms with E-state index in [0.29, 0.717) is 12.0 Å². The third kappa shape index (κ3) is 6.70. The summed E-state index contributed by atoms with van der Waals surface area (Å²) in [6.07, 6.45) is 8.27. The highest BCUT2D eigenvalue weighted by Gasteiger charge is 2.50. The fourth-order valence-electron chi connectivity index (χ4n) is 6.17. The van der Waals surface area contributed by atoms with Crippen LogP contribution in [0.3, 0.4) is 0 Å². The Hall–Kier alpha value is -0.593. The molecule has 180 valence electrons. The molecule has 1 amide bonds. The van der Waals surface area contributed by atoms with Crippen molar-refractivity contribution in [3.05, 3.63) is 0 Å². The molecule has 0 aromatic carbocycles. The second-order valence-corrected chi connectivity index (χ2v) is 18.3. The van der Waals surface area contributed by atoms with Gasteiger partial charge in [0.2, 0.25) is 0 Å². The minimum Gasteiger partial charge on any atom is -0.444 e. The molecule has 0 radical (unpaired) electrons. The van der Waals surface area contributed by atoms with E-state index in [0.717, 1.165) is 30.8 Å². The largest absolute Gasteiger partial charge is 0.444 e. The zero-order chi connectivity index (χ0) is 23.1. The Morgan fingerprint density at radius 1 is 1.00 bits per heavy atom. The summed E-state index contributed by atoms with van der Waals surface area (Å²) in [5.74, 6) is 2.89. The van der Waals surface area contributed by atoms with Crippen molar-refractivity contribution in [1.29, 1.82) is 0 Å². The normalized spacial score (nSPS) is 31.5. The van der Waals surface area contributed by atoms with Crippen LogP contribution in [0.15, 0.2) is 0 Å². The standard InChI is InChI=1S/C25H48N2O3Si/c1-23(2,3)30-22(28)27-21(16-29-31(7,8)24(4,5)6)15-26-17-25-12-18-9-19(13-25)11-20(10-18)14-25/h18-21,26H,9-17H2,1-8H3,(H,27,28)/t18?,19?,20?,21-,25?/m1/s1. The Morgan fingerprint density at radius 2 is 1.52 bits per heavy atom. The molecule has 4 saturated carbocycles. The minimum atomic E-state index is -1.88. The van der Waals surface area contributed by atoms with Crippen LogP contribution in [0.2, 0.25) is 18.1 Å². The second kappa shape index (κ2) is 8.98. The molecule has 2 N–H and O–H groups in total. The molecule has 0 aliphatic heterocycles. The lowest BCUT2D eigenvalue weighted by Crippen LogP contribution is -2.54. The van der Waals surface area contributed by atoms with E-state index in [4.69, 9.17) is 9.16 Å². The van der Waals surface area contributed by atoms with Gasteiger partial charge in [-0.2, -0.15) is 0 Å². The number of rotatable bonds is 8. The molecular weight excluding hydrogens is 404 g/mol. The summed E-state index contributed by atoms with van der Waals surface area (Å²) in [5.41, 5.74) is -0.00689. The van der Waals surface area contributed by atoms with Crippen molar-refractivity contribution in [1.82, 2.24) is 10.6 Å². The molecule has 1 atom stereocenters. The van der Waals surface area contributed by atoms with E-state index in [1.165, 1.54) is 38.5 Å². The molecular formula is C25H48N2O3Si. The smallest absolute Gasteiger partial charge is 0.407 e. The van der Waals surface area contributed by atoms with Crippen molar-refractivity contribution in [2.75, 3.05) is 19.7 Å². The minimum absolute atomic E-state index is 0.0853. The van der Waals surface area contributed by atoms with E-state index in [1.54, 1.807) is 0 Å². The summed E-state index contributed by atoms with van der Waals surface area (Å²) < 4.78 is 12.0.